The zero-order valence-corrected chi connectivity index (χ0v) is 10.7. The Bertz CT molecular complexity index is 241. The molecule has 0 spiro atoms. The van der Waals surface area contributed by atoms with Crippen molar-refractivity contribution in [2.45, 2.75) is 63.5 Å². The van der Waals surface area contributed by atoms with Gasteiger partial charge in [0.2, 0.25) is 0 Å². The molecule has 4 nitrogen and oxygen atoms in total. The summed E-state index contributed by atoms with van der Waals surface area (Å²) in [4.78, 5) is 14.1. The van der Waals surface area contributed by atoms with Crippen molar-refractivity contribution in [2.24, 2.45) is 5.73 Å². The van der Waals surface area contributed by atoms with Gasteiger partial charge in [0.25, 0.3) is 0 Å². The van der Waals surface area contributed by atoms with Crippen LogP contribution in [0.4, 0.5) is 4.79 Å². The van der Waals surface area contributed by atoms with Crippen molar-refractivity contribution in [3.05, 3.63) is 0 Å². The molecule has 2 fully saturated rings. The average Bonchev–Trinajstić information content (AvgIpc) is 2.61. The number of hydrogen-bond acceptors (Lipinski definition) is 2. The quantitative estimate of drug-likeness (QED) is 0.733. The third-order valence-corrected chi connectivity index (χ3v) is 3.99. The lowest BCUT2D eigenvalue weighted by molar-refractivity contribution is 0.191. The van der Waals surface area contributed by atoms with Crippen LogP contribution in [-0.4, -0.2) is 36.1 Å². The number of carbonyl (C=O) groups excluding carboxylic acids is 1. The fourth-order valence-electron chi connectivity index (χ4n) is 2.80. The average molecular weight is 239 g/mol. The molecule has 0 radical (unpaired) electrons. The van der Waals surface area contributed by atoms with Gasteiger partial charge in [0.15, 0.2) is 0 Å². The van der Waals surface area contributed by atoms with Gasteiger partial charge in [-0.2, -0.15) is 0 Å². The molecule has 0 aromatic rings. The minimum atomic E-state index is 0.146. The van der Waals surface area contributed by atoms with E-state index in [2.05, 4.69) is 5.32 Å². The number of carbonyl (C=O) groups is 1. The van der Waals surface area contributed by atoms with Gasteiger partial charge in [-0.1, -0.05) is 12.8 Å². The Hall–Kier alpha value is -0.770. The van der Waals surface area contributed by atoms with Crippen LogP contribution < -0.4 is 11.1 Å². The summed E-state index contributed by atoms with van der Waals surface area (Å²) < 4.78 is 0. The number of nitrogens with one attached hydrogen (secondary N) is 1. The normalized spacial score (nSPS) is 30.8. The van der Waals surface area contributed by atoms with Crippen molar-refractivity contribution >= 4 is 6.03 Å². The molecule has 2 rings (SSSR count). The van der Waals surface area contributed by atoms with E-state index in [0.29, 0.717) is 12.1 Å². The standard InChI is InChI=1S/C13H25N3O/c14-11-5-7-12(8-6-11)15-13(17)16-9-3-1-2-4-10-16/h11-12H,1-10,14H2,(H,15,17). The Morgan fingerprint density at radius 1 is 1.00 bits per heavy atom. The van der Waals surface area contributed by atoms with Gasteiger partial charge in [0, 0.05) is 25.2 Å². The summed E-state index contributed by atoms with van der Waals surface area (Å²) in [6.07, 6.45) is 9.02. The van der Waals surface area contributed by atoms with Crippen molar-refractivity contribution in [3.63, 3.8) is 0 Å². The van der Waals surface area contributed by atoms with Gasteiger partial charge in [-0.25, -0.2) is 4.79 Å². The number of rotatable bonds is 1. The topological polar surface area (TPSA) is 58.4 Å². The summed E-state index contributed by atoms with van der Waals surface area (Å²) in [5.41, 5.74) is 5.87. The SMILES string of the molecule is NC1CCC(NC(=O)N2CCCCCC2)CC1. The van der Waals surface area contributed by atoms with E-state index >= 15 is 0 Å². The third kappa shape index (κ3) is 3.87. The second kappa shape index (κ2) is 6.24. The molecule has 0 unspecified atom stereocenters. The van der Waals surface area contributed by atoms with E-state index in [1.165, 1.54) is 12.8 Å². The lowest BCUT2D eigenvalue weighted by Gasteiger charge is -2.29. The lowest BCUT2D eigenvalue weighted by atomic mass is 9.92. The van der Waals surface area contributed by atoms with Crippen LogP contribution in [0.5, 0.6) is 0 Å². The van der Waals surface area contributed by atoms with Gasteiger partial charge in [0.1, 0.15) is 0 Å². The van der Waals surface area contributed by atoms with Gasteiger partial charge in [-0.05, 0) is 38.5 Å². The highest BCUT2D eigenvalue weighted by Crippen LogP contribution is 2.17. The molecule has 2 aliphatic rings. The zero-order chi connectivity index (χ0) is 12.1. The summed E-state index contributed by atoms with van der Waals surface area (Å²) in [7, 11) is 0. The third-order valence-electron chi connectivity index (χ3n) is 3.99. The second-order valence-corrected chi connectivity index (χ2v) is 5.46. The highest BCUT2D eigenvalue weighted by Gasteiger charge is 2.22. The van der Waals surface area contributed by atoms with Crippen LogP contribution in [0.3, 0.4) is 0 Å². The molecular weight excluding hydrogens is 214 g/mol. The molecule has 1 saturated carbocycles. The highest BCUT2D eigenvalue weighted by molar-refractivity contribution is 5.74. The van der Waals surface area contributed by atoms with E-state index in [0.717, 1.165) is 51.6 Å². The van der Waals surface area contributed by atoms with Crippen molar-refractivity contribution < 1.29 is 4.79 Å². The van der Waals surface area contributed by atoms with E-state index in [1.54, 1.807) is 0 Å². The number of hydrogen-bond donors (Lipinski definition) is 2. The van der Waals surface area contributed by atoms with E-state index in [-0.39, 0.29) is 6.03 Å². The zero-order valence-electron chi connectivity index (χ0n) is 10.7. The minimum absolute atomic E-state index is 0.146. The number of nitrogens with zero attached hydrogens (tertiary/aromatic N) is 1. The molecule has 1 aliphatic heterocycles. The molecule has 1 heterocycles. The number of likely N-dealkylation sites (tertiary alicyclic amines) is 1. The lowest BCUT2D eigenvalue weighted by Crippen LogP contribution is -2.47. The monoisotopic (exact) mass is 239 g/mol. The Balaban J connectivity index is 1.75. The molecule has 0 bridgehead atoms. The van der Waals surface area contributed by atoms with Crippen LogP contribution in [0.2, 0.25) is 0 Å². The predicted molar refractivity (Wildman–Crippen MR) is 68.8 cm³/mol. The number of urea groups is 1. The van der Waals surface area contributed by atoms with Gasteiger partial charge in [-0.15, -0.1) is 0 Å². The molecule has 0 aromatic heterocycles. The van der Waals surface area contributed by atoms with Crippen LogP contribution in [0, 0.1) is 0 Å². The molecule has 3 N–H and O–H groups in total. The van der Waals surface area contributed by atoms with Gasteiger partial charge >= 0.3 is 6.03 Å². The number of nitrogens with two attached hydrogens (primary N) is 1. The first-order chi connectivity index (χ1) is 8.25. The Morgan fingerprint density at radius 2 is 1.59 bits per heavy atom. The number of amides is 2. The van der Waals surface area contributed by atoms with Crippen molar-refractivity contribution in [1.82, 2.24) is 10.2 Å². The minimum Gasteiger partial charge on any atom is -0.335 e. The first-order valence-electron chi connectivity index (χ1n) is 7.07. The summed E-state index contributed by atoms with van der Waals surface area (Å²) >= 11 is 0. The largest absolute Gasteiger partial charge is 0.335 e. The van der Waals surface area contributed by atoms with E-state index in [4.69, 9.17) is 5.73 Å². The van der Waals surface area contributed by atoms with Crippen LogP contribution >= 0.6 is 0 Å². The maximum Gasteiger partial charge on any atom is 0.317 e. The fourth-order valence-corrected chi connectivity index (χ4v) is 2.80. The van der Waals surface area contributed by atoms with Crippen molar-refractivity contribution in [1.29, 1.82) is 0 Å². The first kappa shape index (κ1) is 12.7. The molecule has 2 amide bonds. The Labute approximate surface area is 104 Å². The molecule has 17 heavy (non-hydrogen) atoms. The molecule has 0 atom stereocenters. The molecular formula is C13H25N3O. The molecule has 0 aromatic carbocycles. The summed E-state index contributed by atoms with van der Waals surface area (Å²) in [5.74, 6) is 0. The van der Waals surface area contributed by atoms with E-state index < -0.39 is 0 Å². The van der Waals surface area contributed by atoms with E-state index in [1.807, 2.05) is 4.90 Å². The van der Waals surface area contributed by atoms with Crippen LogP contribution in [-0.2, 0) is 0 Å². The van der Waals surface area contributed by atoms with Crippen LogP contribution in [0.1, 0.15) is 51.4 Å². The Kier molecular flexibility index (Phi) is 4.66. The summed E-state index contributed by atoms with van der Waals surface area (Å²) in [5, 5.41) is 3.17. The fraction of sp³-hybridized carbons (Fsp3) is 0.923. The van der Waals surface area contributed by atoms with Crippen LogP contribution in [0.25, 0.3) is 0 Å². The van der Waals surface area contributed by atoms with E-state index in [9.17, 15) is 4.79 Å². The first-order valence-corrected chi connectivity index (χ1v) is 7.07. The smallest absolute Gasteiger partial charge is 0.317 e. The van der Waals surface area contributed by atoms with Gasteiger partial charge in [0.05, 0.1) is 0 Å². The van der Waals surface area contributed by atoms with Crippen molar-refractivity contribution in [3.8, 4) is 0 Å². The molecule has 4 heteroatoms. The Morgan fingerprint density at radius 3 is 2.18 bits per heavy atom. The molecule has 1 saturated heterocycles. The second-order valence-electron chi connectivity index (χ2n) is 5.46. The maximum absolute atomic E-state index is 12.1. The highest BCUT2D eigenvalue weighted by atomic mass is 16.2. The maximum atomic E-state index is 12.1. The molecule has 98 valence electrons. The van der Waals surface area contributed by atoms with Gasteiger partial charge in [-0.3, -0.25) is 0 Å². The summed E-state index contributed by atoms with van der Waals surface area (Å²) in [6, 6.07) is 0.847. The molecule has 1 aliphatic carbocycles. The summed E-state index contributed by atoms with van der Waals surface area (Å²) in [6.45, 7) is 1.86. The van der Waals surface area contributed by atoms with Gasteiger partial charge < -0.3 is 16.0 Å². The van der Waals surface area contributed by atoms with Crippen LogP contribution in [0.15, 0.2) is 0 Å². The predicted octanol–water partition coefficient (Wildman–Crippen LogP) is 1.84. The van der Waals surface area contributed by atoms with Crippen molar-refractivity contribution in [2.75, 3.05) is 13.1 Å².